The number of rotatable bonds is 8. The molecule has 0 atom stereocenters. The molecule has 0 fully saturated rings. The van der Waals surface area contributed by atoms with Crippen molar-refractivity contribution in [3.05, 3.63) is 118 Å². The van der Waals surface area contributed by atoms with E-state index in [2.05, 4.69) is 15.8 Å². The number of nitro benzene ring substituents is 1. The molecule has 11 heteroatoms. The second kappa shape index (κ2) is 12.2. The van der Waals surface area contributed by atoms with Gasteiger partial charge in [-0.3, -0.25) is 19.7 Å². The lowest BCUT2D eigenvalue weighted by Crippen LogP contribution is -2.32. The Labute approximate surface area is 221 Å². The number of nitro groups is 1. The van der Waals surface area contributed by atoms with Crippen LogP contribution < -0.4 is 20.2 Å². The van der Waals surface area contributed by atoms with Crippen LogP contribution in [0.5, 0.6) is 23.0 Å². The standard InChI is InChI=1S/C27H19ClN4O6/c28-24-16-20(32(35)36)10-15-25(24)38-23-11-6-18(7-12-23)17-29-31-27(34)26(33)30-19-8-13-22(14-9-19)37-21-4-2-1-3-5-21/h1-17H,(H,30,33)(H,31,34). The van der Waals surface area contributed by atoms with Gasteiger partial charge in [0.15, 0.2) is 0 Å². The molecule has 0 aromatic heterocycles. The summed E-state index contributed by atoms with van der Waals surface area (Å²) in [5, 5.41) is 17.2. The number of non-ortho nitro benzene ring substituents is 1. The number of ether oxygens (including phenoxy) is 2. The number of nitrogens with one attached hydrogen (secondary N) is 2. The molecular formula is C27H19ClN4O6. The minimum Gasteiger partial charge on any atom is -0.457 e. The van der Waals surface area contributed by atoms with Crippen LogP contribution in [0.3, 0.4) is 0 Å². The summed E-state index contributed by atoms with van der Waals surface area (Å²) in [6, 6.07) is 26.3. The number of carbonyl (C=O) groups excluding carboxylic acids is 2. The van der Waals surface area contributed by atoms with Crippen molar-refractivity contribution < 1.29 is 24.0 Å². The molecule has 2 N–H and O–H groups in total. The summed E-state index contributed by atoms with van der Waals surface area (Å²) in [4.78, 5) is 34.5. The average molecular weight is 531 g/mol. The molecule has 0 saturated carbocycles. The molecule has 0 aliphatic heterocycles. The molecule has 10 nitrogen and oxygen atoms in total. The molecule has 38 heavy (non-hydrogen) atoms. The van der Waals surface area contributed by atoms with E-state index >= 15 is 0 Å². The number of benzene rings is 4. The Balaban J connectivity index is 1.25. The number of anilines is 1. The molecule has 0 bridgehead atoms. The first kappa shape index (κ1) is 25.9. The van der Waals surface area contributed by atoms with Crippen LogP contribution in [0.1, 0.15) is 5.56 Å². The fourth-order valence-corrected chi connectivity index (χ4v) is 3.28. The second-order valence-corrected chi connectivity index (χ2v) is 8.04. The van der Waals surface area contributed by atoms with Crippen molar-refractivity contribution in [3.8, 4) is 23.0 Å². The molecule has 0 aliphatic rings. The highest BCUT2D eigenvalue weighted by atomic mass is 35.5. The third-order valence-electron chi connectivity index (χ3n) is 4.91. The van der Waals surface area contributed by atoms with E-state index in [-0.39, 0.29) is 16.5 Å². The van der Waals surface area contributed by atoms with Gasteiger partial charge in [-0.1, -0.05) is 29.8 Å². The lowest BCUT2D eigenvalue weighted by Gasteiger charge is -2.08. The molecule has 0 radical (unpaired) electrons. The number of amides is 2. The average Bonchev–Trinajstić information content (AvgIpc) is 2.92. The van der Waals surface area contributed by atoms with Gasteiger partial charge < -0.3 is 14.8 Å². The summed E-state index contributed by atoms with van der Waals surface area (Å²) in [5.74, 6) is 0.117. The Hall–Kier alpha value is -5.22. The molecule has 0 unspecified atom stereocenters. The number of hydrogen-bond donors (Lipinski definition) is 2. The third kappa shape index (κ3) is 7.15. The van der Waals surface area contributed by atoms with Crippen molar-refractivity contribution in [1.82, 2.24) is 5.43 Å². The van der Waals surface area contributed by atoms with E-state index < -0.39 is 16.7 Å². The van der Waals surface area contributed by atoms with E-state index in [0.717, 1.165) is 0 Å². The van der Waals surface area contributed by atoms with Crippen molar-refractivity contribution in [1.29, 1.82) is 0 Å². The SMILES string of the molecule is O=C(NN=Cc1ccc(Oc2ccc([N+](=O)[O-])cc2Cl)cc1)C(=O)Nc1ccc(Oc2ccccc2)cc1. The van der Waals surface area contributed by atoms with Crippen molar-refractivity contribution in [2.75, 3.05) is 5.32 Å². The number of halogens is 1. The highest BCUT2D eigenvalue weighted by molar-refractivity contribution is 6.39. The molecule has 0 saturated heterocycles. The lowest BCUT2D eigenvalue weighted by atomic mass is 10.2. The van der Waals surface area contributed by atoms with E-state index in [0.29, 0.717) is 28.5 Å². The zero-order valence-corrected chi connectivity index (χ0v) is 20.3. The van der Waals surface area contributed by atoms with Gasteiger partial charge in [0, 0.05) is 17.8 Å². The monoisotopic (exact) mass is 530 g/mol. The van der Waals surface area contributed by atoms with Gasteiger partial charge in [0.05, 0.1) is 16.2 Å². The van der Waals surface area contributed by atoms with Gasteiger partial charge in [-0.2, -0.15) is 5.10 Å². The van der Waals surface area contributed by atoms with Gasteiger partial charge in [0.25, 0.3) is 5.69 Å². The normalized spacial score (nSPS) is 10.6. The minimum absolute atomic E-state index is 0.0993. The molecule has 4 aromatic carbocycles. The number of para-hydroxylation sites is 1. The van der Waals surface area contributed by atoms with Crippen molar-refractivity contribution >= 4 is 41.0 Å². The molecule has 2 amide bonds. The quantitative estimate of drug-likeness (QED) is 0.126. The van der Waals surface area contributed by atoms with Gasteiger partial charge >= 0.3 is 11.8 Å². The van der Waals surface area contributed by atoms with Gasteiger partial charge in [0.2, 0.25) is 0 Å². The Morgan fingerprint density at radius 3 is 2.11 bits per heavy atom. The van der Waals surface area contributed by atoms with Gasteiger partial charge in [0.1, 0.15) is 23.0 Å². The van der Waals surface area contributed by atoms with Gasteiger partial charge in [-0.25, -0.2) is 5.43 Å². The fourth-order valence-electron chi connectivity index (χ4n) is 3.07. The maximum absolute atomic E-state index is 12.1. The van der Waals surface area contributed by atoms with E-state index in [1.807, 2.05) is 30.3 Å². The van der Waals surface area contributed by atoms with Crippen LogP contribution in [-0.2, 0) is 9.59 Å². The summed E-state index contributed by atoms with van der Waals surface area (Å²) in [6.07, 6.45) is 1.35. The fraction of sp³-hybridized carbons (Fsp3) is 0. The molecule has 4 rings (SSSR count). The molecule has 4 aromatic rings. The first-order valence-electron chi connectivity index (χ1n) is 11.1. The molecule has 0 heterocycles. The maximum Gasteiger partial charge on any atom is 0.329 e. The first-order chi connectivity index (χ1) is 18.4. The van der Waals surface area contributed by atoms with Gasteiger partial charge in [-0.05, 0) is 72.3 Å². The predicted molar refractivity (Wildman–Crippen MR) is 142 cm³/mol. The number of hydrogen-bond acceptors (Lipinski definition) is 7. The largest absolute Gasteiger partial charge is 0.457 e. The topological polar surface area (TPSA) is 132 Å². The van der Waals surface area contributed by atoms with Crippen LogP contribution in [-0.4, -0.2) is 23.0 Å². The van der Waals surface area contributed by atoms with Crippen molar-refractivity contribution in [2.45, 2.75) is 0 Å². The van der Waals surface area contributed by atoms with Crippen LogP contribution in [0, 0.1) is 10.1 Å². The Morgan fingerprint density at radius 2 is 1.45 bits per heavy atom. The van der Waals surface area contributed by atoms with E-state index in [9.17, 15) is 19.7 Å². The van der Waals surface area contributed by atoms with Crippen molar-refractivity contribution in [3.63, 3.8) is 0 Å². The number of hydrazone groups is 1. The zero-order valence-electron chi connectivity index (χ0n) is 19.5. The van der Waals surface area contributed by atoms with Crippen LogP contribution in [0.2, 0.25) is 5.02 Å². The van der Waals surface area contributed by atoms with Crippen LogP contribution in [0.25, 0.3) is 0 Å². The third-order valence-corrected chi connectivity index (χ3v) is 5.21. The minimum atomic E-state index is -0.946. The van der Waals surface area contributed by atoms with E-state index in [1.54, 1.807) is 48.5 Å². The highest BCUT2D eigenvalue weighted by Gasteiger charge is 2.13. The van der Waals surface area contributed by atoms with E-state index in [4.69, 9.17) is 21.1 Å². The van der Waals surface area contributed by atoms with Crippen LogP contribution >= 0.6 is 11.6 Å². The molecule has 0 spiro atoms. The summed E-state index contributed by atoms with van der Waals surface area (Å²) in [6.45, 7) is 0. The Morgan fingerprint density at radius 1 is 0.816 bits per heavy atom. The highest BCUT2D eigenvalue weighted by Crippen LogP contribution is 2.32. The lowest BCUT2D eigenvalue weighted by molar-refractivity contribution is -0.384. The van der Waals surface area contributed by atoms with Crippen molar-refractivity contribution in [2.24, 2.45) is 5.10 Å². The van der Waals surface area contributed by atoms with Crippen LogP contribution in [0.15, 0.2) is 102 Å². The summed E-state index contributed by atoms with van der Waals surface area (Å²) in [7, 11) is 0. The smallest absolute Gasteiger partial charge is 0.329 e. The summed E-state index contributed by atoms with van der Waals surface area (Å²) < 4.78 is 11.3. The first-order valence-corrected chi connectivity index (χ1v) is 11.4. The maximum atomic E-state index is 12.1. The van der Waals surface area contributed by atoms with Gasteiger partial charge in [-0.15, -0.1) is 0 Å². The van der Waals surface area contributed by atoms with Crippen LogP contribution in [0.4, 0.5) is 11.4 Å². The molecule has 190 valence electrons. The summed E-state index contributed by atoms with van der Waals surface area (Å²) in [5.41, 5.74) is 3.05. The number of nitrogens with zero attached hydrogens (tertiary/aromatic N) is 2. The predicted octanol–water partition coefficient (Wildman–Crippen LogP) is 5.92. The Kier molecular flexibility index (Phi) is 8.27. The summed E-state index contributed by atoms with van der Waals surface area (Å²) >= 11 is 6.04. The number of carbonyl (C=O) groups is 2. The molecule has 0 aliphatic carbocycles. The Bertz CT molecular complexity index is 1480. The zero-order chi connectivity index (χ0) is 26.9. The second-order valence-electron chi connectivity index (χ2n) is 7.64. The molecular weight excluding hydrogens is 512 g/mol. The van der Waals surface area contributed by atoms with E-state index in [1.165, 1.54) is 24.4 Å².